The van der Waals surface area contributed by atoms with Gasteiger partial charge in [-0.25, -0.2) is 0 Å². The van der Waals surface area contributed by atoms with Crippen LogP contribution in [0.4, 0.5) is 5.69 Å². The van der Waals surface area contributed by atoms with Gasteiger partial charge in [0.05, 0.1) is 7.11 Å². The molecule has 29 heavy (non-hydrogen) atoms. The number of benzene rings is 3. The van der Waals surface area contributed by atoms with Crippen molar-refractivity contribution in [3.63, 3.8) is 0 Å². The van der Waals surface area contributed by atoms with Crippen molar-refractivity contribution in [1.82, 2.24) is 0 Å². The molecule has 0 saturated heterocycles. The van der Waals surface area contributed by atoms with Crippen LogP contribution in [0.5, 0.6) is 11.5 Å². The molecule has 3 aromatic carbocycles. The number of fused-ring (bicyclic) bond motifs is 1. The number of carbonyl (C=O) groups excluding carboxylic acids is 1. The third kappa shape index (κ3) is 4.09. The minimum absolute atomic E-state index is 0.166. The predicted molar refractivity (Wildman–Crippen MR) is 117 cm³/mol. The van der Waals surface area contributed by atoms with Gasteiger partial charge in [-0.3, -0.25) is 4.79 Å². The van der Waals surface area contributed by atoms with Gasteiger partial charge in [0, 0.05) is 32.4 Å². The van der Waals surface area contributed by atoms with Crippen molar-refractivity contribution in [2.45, 2.75) is 6.61 Å². The van der Waals surface area contributed by atoms with Gasteiger partial charge in [0.25, 0.3) is 5.91 Å². The van der Waals surface area contributed by atoms with E-state index in [1.165, 1.54) is 0 Å². The zero-order valence-electron chi connectivity index (χ0n) is 15.5. The van der Waals surface area contributed by atoms with Crippen LogP contribution < -0.4 is 14.8 Å². The standard InChI is InChI=1S/C23H17Cl2NO3/c1-28-22-11-14(6-9-21(22)29-13-15-4-2-3-5-19(15)25)10-18-17-12-16(24)7-8-20(17)26-23(18)27/h2-12H,13H2,1H3,(H,26,27)/b18-10+. The molecule has 0 saturated carbocycles. The van der Waals surface area contributed by atoms with Crippen molar-refractivity contribution in [2.24, 2.45) is 0 Å². The Balaban J connectivity index is 1.61. The van der Waals surface area contributed by atoms with E-state index >= 15 is 0 Å². The first-order valence-corrected chi connectivity index (χ1v) is 9.68. The van der Waals surface area contributed by atoms with Crippen LogP contribution in [-0.2, 0) is 11.4 Å². The highest BCUT2D eigenvalue weighted by Crippen LogP contribution is 2.36. The summed E-state index contributed by atoms with van der Waals surface area (Å²) < 4.78 is 11.4. The second kappa shape index (κ2) is 8.19. The van der Waals surface area contributed by atoms with Crippen molar-refractivity contribution >= 4 is 46.4 Å². The average Bonchev–Trinajstić information content (AvgIpc) is 3.02. The first-order chi connectivity index (χ1) is 14.0. The summed E-state index contributed by atoms with van der Waals surface area (Å²) >= 11 is 12.3. The first-order valence-electron chi connectivity index (χ1n) is 8.92. The molecule has 0 bridgehead atoms. The number of rotatable bonds is 5. The quantitative estimate of drug-likeness (QED) is 0.504. The molecule has 0 spiro atoms. The molecule has 1 amide bonds. The minimum atomic E-state index is -0.166. The van der Waals surface area contributed by atoms with Gasteiger partial charge in [-0.15, -0.1) is 0 Å². The van der Waals surface area contributed by atoms with Gasteiger partial charge in [-0.1, -0.05) is 47.5 Å². The number of carbonyl (C=O) groups is 1. The van der Waals surface area contributed by atoms with Gasteiger partial charge in [-0.05, 0) is 48.0 Å². The maximum absolute atomic E-state index is 12.4. The van der Waals surface area contributed by atoms with Gasteiger partial charge >= 0.3 is 0 Å². The summed E-state index contributed by atoms with van der Waals surface area (Å²) in [4.78, 5) is 12.4. The Bertz CT molecular complexity index is 1120. The molecule has 4 rings (SSSR count). The highest BCUT2D eigenvalue weighted by molar-refractivity contribution is 6.36. The van der Waals surface area contributed by atoms with E-state index in [1.54, 1.807) is 31.4 Å². The zero-order valence-corrected chi connectivity index (χ0v) is 17.1. The summed E-state index contributed by atoms with van der Waals surface area (Å²) in [5.41, 5.74) is 3.77. The van der Waals surface area contributed by atoms with E-state index in [-0.39, 0.29) is 5.91 Å². The fourth-order valence-corrected chi connectivity index (χ4v) is 3.50. The number of hydrogen-bond donors (Lipinski definition) is 1. The number of ether oxygens (including phenoxy) is 2. The number of methoxy groups -OCH3 is 1. The Kier molecular flexibility index (Phi) is 5.47. The third-order valence-electron chi connectivity index (χ3n) is 4.60. The fraction of sp³-hybridized carbons (Fsp3) is 0.0870. The molecule has 1 aliphatic heterocycles. The molecule has 6 heteroatoms. The average molecular weight is 426 g/mol. The third-order valence-corrected chi connectivity index (χ3v) is 5.21. The van der Waals surface area contributed by atoms with Gasteiger partial charge in [0.2, 0.25) is 0 Å². The lowest BCUT2D eigenvalue weighted by atomic mass is 10.0. The fourth-order valence-electron chi connectivity index (χ4n) is 3.13. The highest BCUT2D eigenvalue weighted by Gasteiger charge is 2.24. The predicted octanol–water partition coefficient (Wildman–Crippen LogP) is 6.07. The molecule has 4 nitrogen and oxygen atoms in total. The summed E-state index contributed by atoms with van der Waals surface area (Å²) in [7, 11) is 1.58. The van der Waals surface area contributed by atoms with Crippen LogP contribution in [-0.4, -0.2) is 13.0 Å². The van der Waals surface area contributed by atoms with E-state index in [4.69, 9.17) is 32.7 Å². The molecule has 3 aromatic rings. The van der Waals surface area contributed by atoms with Crippen molar-refractivity contribution in [2.75, 3.05) is 12.4 Å². The van der Waals surface area contributed by atoms with E-state index in [9.17, 15) is 4.79 Å². The topological polar surface area (TPSA) is 47.6 Å². The monoisotopic (exact) mass is 425 g/mol. The number of nitrogens with one attached hydrogen (secondary N) is 1. The van der Waals surface area contributed by atoms with Gasteiger partial charge in [0.1, 0.15) is 6.61 Å². The van der Waals surface area contributed by atoms with Crippen molar-refractivity contribution in [3.05, 3.63) is 87.4 Å². The van der Waals surface area contributed by atoms with Crippen LogP contribution in [0.3, 0.4) is 0 Å². The molecule has 0 fully saturated rings. The Morgan fingerprint density at radius 1 is 1.00 bits per heavy atom. The van der Waals surface area contributed by atoms with Gasteiger partial charge in [-0.2, -0.15) is 0 Å². The van der Waals surface area contributed by atoms with Crippen LogP contribution in [0.2, 0.25) is 10.0 Å². The Hall–Kier alpha value is -2.95. The molecule has 146 valence electrons. The van der Waals surface area contributed by atoms with Crippen LogP contribution in [0.25, 0.3) is 11.6 Å². The first kappa shape index (κ1) is 19.4. The molecular formula is C23H17Cl2NO3. The second-order valence-electron chi connectivity index (χ2n) is 6.49. The maximum Gasteiger partial charge on any atom is 0.256 e. The van der Waals surface area contributed by atoms with Gasteiger partial charge < -0.3 is 14.8 Å². The summed E-state index contributed by atoms with van der Waals surface area (Å²) in [6, 6.07) is 18.3. The van der Waals surface area contributed by atoms with E-state index in [2.05, 4.69) is 5.32 Å². The van der Waals surface area contributed by atoms with Crippen LogP contribution in [0, 0.1) is 0 Å². The van der Waals surface area contributed by atoms with Crippen molar-refractivity contribution in [3.8, 4) is 11.5 Å². The molecule has 1 N–H and O–H groups in total. The summed E-state index contributed by atoms with van der Waals surface area (Å²) in [5.74, 6) is 0.991. The normalized spacial score (nSPS) is 13.9. The number of amides is 1. The summed E-state index contributed by atoms with van der Waals surface area (Å²) in [6.45, 7) is 0.324. The molecular weight excluding hydrogens is 409 g/mol. The van der Waals surface area contributed by atoms with Crippen molar-refractivity contribution in [1.29, 1.82) is 0 Å². The second-order valence-corrected chi connectivity index (χ2v) is 7.34. The lowest BCUT2D eigenvalue weighted by molar-refractivity contribution is -0.110. The number of anilines is 1. The van der Waals surface area contributed by atoms with Crippen molar-refractivity contribution < 1.29 is 14.3 Å². The Morgan fingerprint density at radius 3 is 2.62 bits per heavy atom. The minimum Gasteiger partial charge on any atom is -0.493 e. The Labute approximate surface area is 178 Å². The van der Waals surface area contributed by atoms with Crippen LogP contribution >= 0.6 is 23.2 Å². The summed E-state index contributed by atoms with van der Waals surface area (Å²) in [6.07, 6.45) is 1.80. The van der Waals surface area contributed by atoms with E-state index in [0.29, 0.717) is 33.7 Å². The lowest BCUT2D eigenvalue weighted by Crippen LogP contribution is -2.03. The van der Waals surface area contributed by atoms with Crippen LogP contribution in [0.15, 0.2) is 60.7 Å². The lowest BCUT2D eigenvalue weighted by Gasteiger charge is -2.12. The molecule has 0 aliphatic carbocycles. The molecule has 0 radical (unpaired) electrons. The molecule has 0 aromatic heterocycles. The molecule has 1 heterocycles. The largest absolute Gasteiger partial charge is 0.493 e. The number of halogens is 2. The summed E-state index contributed by atoms with van der Waals surface area (Å²) in [5, 5.41) is 4.07. The SMILES string of the molecule is COc1cc(/C=C2/C(=O)Nc3ccc(Cl)cc32)ccc1OCc1ccccc1Cl. The zero-order chi connectivity index (χ0) is 20.4. The molecule has 0 atom stereocenters. The smallest absolute Gasteiger partial charge is 0.256 e. The van der Waals surface area contributed by atoms with Crippen LogP contribution in [0.1, 0.15) is 16.7 Å². The van der Waals surface area contributed by atoms with E-state index in [0.717, 1.165) is 22.4 Å². The number of hydrogen-bond acceptors (Lipinski definition) is 3. The van der Waals surface area contributed by atoms with E-state index < -0.39 is 0 Å². The Morgan fingerprint density at radius 2 is 1.83 bits per heavy atom. The van der Waals surface area contributed by atoms with Gasteiger partial charge in [0.15, 0.2) is 11.5 Å². The maximum atomic E-state index is 12.4. The van der Waals surface area contributed by atoms with E-state index in [1.807, 2.05) is 42.5 Å². The highest BCUT2D eigenvalue weighted by atomic mass is 35.5. The molecule has 0 unspecified atom stereocenters. The molecule has 1 aliphatic rings.